The molecular formula is C20H15ClN4O3S. The molecule has 1 fully saturated rings. The third kappa shape index (κ3) is 3.50. The van der Waals surface area contributed by atoms with Gasteiger partial charge in [0.25, 0.3) is 0 Å². The molecule has 1 aliphatic heterocycles. The van der Waals surface area contributed by atoms with E-state index in [0.717, 1.165) is 0 Å². The number of carbonyl (C=O) groups is 2. The van der Waals surface area contributed by atoms with Crippen LogP contribution in [0.25, 0.3) is 10.9 Å². The largest absolute Gasteiger partial charge is 0.465 e. The van der Waals surface area contributed by atoms with Crippen molar-refractivity contribution in [2.75, 3.05) is 23.9 Å². The topological polar surface area (TPSA) is 95.3 Å². The van der Waals surface area contributed by atoms with Crippen LogP contribution in [0.3, 0.4) is 0 Å². The summed E-state index contributed by atoms with van der Waals surface area (Å²) in [5, 5.41) is 16.1. The van der Waals surface area contributed by atoms with Crippen LogP contribution in [0, 0.1) is 11.3 Å². The van der Waals surface area contributed by atoms with Crippen molar-refractivity contribution in [2.24, 2.45) is 0 Å². The summed E-state index contributed by atoms with van der Waals surface area (Å²) < 4.78 is 4.79. The number of halogens is 1. The van der Waals surface area contributed by atoms with Crippen LogP contribution in [0.4, 0.5) is 10.8 Å². The van der Waals surface area contributed by atoms with E-state index in [2.05, 4.69) is 16.4 Å². The fraction of sp³-hybridized carbons (Fsp3) is 0.200. The summed E-state index contributed by atoms with van der Waals surface area (Å²) in [5.41, 5.74) is 1.41. The third-order valence-corrected chi connectivity index (χ3v) is 5.88. The van der Waals surface area contributed by atoms with E-state index in [-0.39, 0.29) is 5.91 Å². The lowest BCUT2D eigenvalue weighted by Crippen LogP contribution is -2.34. The number of nitriles is 1. The van der Waals surface area contributed by atoms with E-state index in [1.807, 2.05) is 0 Å². The number of nitrogens with one attached hydrogen (secondary N) is 1. The van der Waals surface area contributed by atoms with Crippen molar-refractivity contribution in [1.82, 2.24) is 4.98 Å². The first kappa shape index (κ1) is 19.2. The predicted molar refractivity (Wildman–Crippen MR) is 112 cm³/mol. The molecule has 1 N–H and O–H groups in total. The van der Waals surface area contributed by atoms with Crippen molar-refractivity contribution in [1.29, 1.82) is 5.26 Å². The summed E-state index contributed by atoms with van der Waals surface area (Å²) in [6.45, 7) is 0.468. The van der Waals surface area contributed by atoms with Crippen molar-refractivity contribution < 1.29 is 14.3 Å². The molecule has 2 aromatic heterocycles. The quantitative estimate of drug-likeness (QED) is 0.637. The highest BCUT2D eigenvalue weighted by molar-refractivity contribution is 7.14. The molecule has 1 saturated heterocycles. The molecule has 7 nitrogen and oxygen atoms in total. The number of hydrogen-bond acceptors (Lipinski definition) is 7. The Labute approximate surface area is 175 Å². The van der Waals surface area contributed by atoms with Gasteiger partial charge in [0.15, 0.2) is 0 Å². The minimum Gasteiger partial charge on any atom is -0.465 e. The predicted octanol–water partition coefficient (Wildman–Crippen LogP) is 3.83. The molecule has 1 atom stereocenters. The Morgan fingerprint density at radius 1 is 1.41 bits per heavy atom. The molecule has 1 aromatic carbocycles. The standard InChI is InChI=1S/C20H15ClN4O3S/c1-28-20(27)13-5-7-29-19(13)25-6-4-16(18(25)26)24-17-8-11(10-22)14-9-12(21)2-3-15(14)23-17/h2-3,5,7-9,16H,4,6H2,1H3,(H,23,24). The summed E-state index contributed by atoms with van der Waals surface area (Å²) in [4.78, 5) is 31.0. The van der Waals surface area contributed by atoms with E-state index in [4.69, 9.17) is 16.3 Å². The molecule has 0 aliphatic carbocycles. The molecule has 1 unspecified atom stereocenters. The molecule has 0 radical (unpaired) electrons. The van der Waals surface area contributed by atoms with Crippen molar-refractivity contribution in [3.8, 4) is 6.07 Å². The maximum atomic E-state index is 12.9. The van der Waals surface area contributed by atoms with Gasteiger partial charge >= 0.3 is 5.97 Å². The third-order valence-electron chi connectivity index (χ3n) is 4.71. The molecule has 1 aliphatic rings. The first-order chi connectivity index (χ1) is 14.0. The van der Waals surface area contributed by atoms with Gasteiger partial charge in [-0.3, -0.25) is 4.79 Å². The number of pyridine rings is 1. The second kappa shape index (κ2) is 7.70. The zero-order valence-corrected chi connectivity index (χ0v) is 16.9. The Kier molecular flexibility index (Phi) is 5.09. The number of esters is 1. The summed E-state index contributed by atoms with van der Waals surface area (Å²) >= 11 is 7.34. The van der Waals surface area contributed by atoms with Crippen LogP contribution in [0.2, 0.25) is 5.02 Å². The van der Waals surface area contributed by atoms with Gasteiger partial charge in [-0.15, -0.1) is 11.3 Å². The Morgan fingerprint density at radius 2 is 2.24 bits per heavy atom. The van der Waals surface area contributed by atoms with Gasteiger partial charge in [-0.25, -0.2) is 9.78 Å². The molecule has 146 valence electrons. The number of aromatic nitrogens is 1. The molecule has 4 rings (SSSR count). The number of methoxy groups -OCH3 is 1. The molecule has 3 aromatic rings. The van der Waals surface area contributed by atoms with Gasteiger partial charge in [0, 0.05) is 17.0 Å². The first-order valence-electron chi connectivity index (χ1n) is 8.76. The number of benzene rings is 1. The van der Waals surface area contributed by atoms with Crippen LogP contribution in [0.1, 0.15) is 22.3 Å². The van der Waals surface area contributed by atoms with Crippen molar-refractivity contribution in [3.05, 3.63) is 51.9 Å². The van der Waals surface area contributed by atoms with Crippen LogP contribution in [-0.4, -0.2) is 36.6 Å². The average molecular weight is 427 g/mol. The summed E-state index contributed by atoms with van der Waals surface area (Å²) in [6.07, 6.45) is 0.541. The molecule has 0 spiro atoms. The van der Waals surface area contributed by atoms with E-state index in [0.29, 0.717) is 50.8 Å². The first-order valence-corrected chi connectivity index (χ1v) is 10.0. The van der Waals surface area contributed by atoms with Gasteiger partial charge in [-0.2, -0.15) is 5.26 Å². The smallest absolute Gasteiger partial charge is 0.340 e. The maximum Gasteiger partial charge on any atom is 0.340 e. The van der Waals surface area contributed by atoms with E-state index < -0.39 is 12.0 Å². The highest BCUT2D eigenvalue weighted by atomic mass is 35.5. The van der Waals surface area contributed by atoms with E-state index >= 15 is 0 Å². The Balaban J connectivity index is 1.60. The molecule has 9 heteroatoms. The number of fused-ring (bicyclic) bond motifs is 1. The van der Waals surface area contributed by atoms with E-state index in [9.17, 15) is 14.9 Å². The maximum absolute atomic E-state index is 12.9. The lowest BCUT2D eigenvalue weighted by Gasteiger charge is -2.17. The number of anilines is 2. The lowest BCUT2D eigenvalue weighted by molar-refractivity contribution is -0.117. The molecule has 3 heterocycles. The number of amides is 1. The fourth-order valence-corrected chi connectivity index (χ4v) is 4.43. The lowest BCUT2D eigenvalue weighted by atomic mass is 10.1. The van der Waals surface area contributed by atoms with Crippen LogP contribution >= 0.6 is 22.9 Å². The second-order valence-electron chi connectivity index (χ2n) is 6.43. The van der Waals surface area contributed by atoms with E-state index in [1.165, 1.54) is 18.4 Å². The number of rotatable bonds is 4. The molecule has 1 amide bonds. The van der Waals surface area contributed by atoms with Gasteiger partial charge in [-0.1, -0.05) is 11.6 Å². The zero-order chi connectivity index (χ0) is 20.5. The van der Waals surface area contributed by atoms with Gasteiger partial charge in [0.2, 0.25) is 5.91 Å². The minimum atomic E-state index is -0.508. The van der Waals surface area contributed by atoms with Crippen LogP contribution in [-0.2, 0) is 9.53 Å². The van der Waals surface area contributed by atoms with Gasteiger partial charge in [0.1, 0.15) is 16.9 Å². The van der Waals surface area contributed by atoms with Crippen LogP contribution in [0.5, 0.6) is 0 Å². The summed E-state index contributed by atoms with van der Waals surface area (Å²) in [5.74, 6) is -0.191. The number of carbonyl (C=O) groups excluding carboxylic acids is 2. The molecule has 0 bridgehead atoms. The second-order valence-corrected chi connectivity index (χ2v) is 7.77. The Hall–Kier alpha value is -3.15. The normalized spacial score (nSPS) is 16.1. The summed E-state index contributed by atoms with van der Waals surface area (Å²) in [6, 6.07) is 10.0. The molecule has 29 heavy (non-hydrogen) atoms. The van der Waals surface area contributed by atoms with Crippen molar-refractivity contribution >= 4 is 56.5 Å². The Bertz CT molecular complexity index is 1170. The average Bonchev–Trinajstić information content (AvgIpc) is 3.34. The minimum absolute atomic E-state index is 0.158. The number of ether oxygens (including phenoxy) is 1. The fourth-order valence-electron chi connectivity index (χ4n) is 3.33. The number of nitrogens with zero attached hydrogens (tertiary/aromatic N) is 3. The van der Waals surface area contributed by atoms with Gasteiger partial charge < -0.3 is 15.0 Å². The highest BCUT2D eigenvalue weighted by Gasteiger charge is 2.35. The molecular weight excluding hydrogens is 412 g/mol. The van der Waals surface area contributed by atoms with Gasteiger partial charge in [-0.05, 0) is 42.1 Å². The van der Waals surface area contributed by atoms with E-state index in [1.54, 1.807) is 40.6 Å². The van der Waals surface area contributed by atoms with Crippen molar-refractivity contribution in [3.63, 3.8) is 0 Å². The van der Waals surface area contributed by atoms with Crippen LogP contribution in [0.15, 0.2) is 35.7 Å². The zero-order valence-electron chi connectivity index (χ0n) is 15.3. The summed E-state index contributed by atoms with van der Waals surface area (Å²) in [7, 11) is 1.31. The number of thiophene rings is 1. The van der Waals surface area contributed by atoms with Gasteiger partial charge in [0.05, 0.1) is 29.8 Å². The Morgan fingerprint density at radius 3 is 3.00 bits per heavy atom. The monoisotopic (exact) mass is 426 g/mol. The SMILES string of the molecule is COC(=O)c1ccsc1N1CCC(Nc2cc(C#N)c3cc(Cl)ccc3n2)C1=O. The van der Waals surface area contributed by atoms with Crippen LogP contribution < -0.4 is 10.2 Å². The number of hydrogen-bond donors (Lipinski definition) is 1. The highest BCUT2D eigenvalue weighted by Crippen LogP contribution is 2.33. The van der Waals surface area contributed by atoms with Crippen molar-refractivity contribution in [2.45, 2.75) is 12.5 Å². The molecule has 0 saturated carbocycles.